The van der Waals surface area contributed by atoms with Gasteiger partial charge in [-0.1, -0.05) is 97.1 Å². The molecule has 3 heterocycles. The number of hydrogen-bond donors (Lipinski definition) is 0. The summed E-state index contributed by atoms with van der Waals surface area (Å²) in [5, 5.41) is 9.09. The van der Waals surface area contributed by atoms with Crippen LogP contribution < -0.4 is 4.90 Å². The van der Waals surface area contributed by atoms with Crippen LogP contribution in [0, 0.1) is 0 Å². The van der Waals surface area contributed by atoms with Crippen LogP contribution in [0.5, 0.6) is 0 Å². The molecule has 0 saturated carbocycles. The number of fused-ring (bicyclic) bond motifs is 10. The Morgan fingerprint density at radius 1 is 0.400 bits per heavy atom. The van der Waals surface area contributed by atoms with Crippen LogP contribution in [0.1, 0.15) is 0 Å². The van der Waals surface area contributed by atoms with E-state index in [2.05, 4.69) is 155 Å². The van der Waals surface area contributed by atoms with Gasteiger partial charge in [0.15, 0.2) is 5.58 Å². The second-order valence-corrected chi connectivity index (χ2v) is 12.9. The maximum atomic E-state index is 6.70. The molecular formula is C46H28N2O2. The van der Waals surface area contributed by atoms with E-state index >= 15 is 0 Å². The lowest BCUT2D eigenvalue weighted by Gasteiger charge is -2.27. The predicted octanol–water partition coefficient (Wildman–Crippen LogP) is 13.2. The van der Waals surface area contributed by atoms with Gasteiger partial charge in [0.1, 0.15) is 16.7 Å². The number of hydrogen-bond acceptors (Lipinski definition) is 3. The molecule has 0 saturated heterocycles. The number of aromatic nitrogens is 1. The van der Waals surface area contributed by atoms with E-state index in [9.17, 15) is 0 Å². The maximum absolute atomic E-state index is 6.70. The molecule has 3 aromatic heterocycles. The number of nitrogens with zero attached hydrogens (tertiary/aromatic N) is 2. The van der Waals surface area contributed by atoms with Crippen LogP contribution >= 0.6 is 0 Å². The van der Waals surface area contributed by atoms with E-state index in [0.717, 1.165) is 88.4 Å². The highest BCUT2D eigenvalue weighted by Gasteiger charge is 2.24. The lowest BCUT2D eigenvalue weighted by Crippen LogP contribution is -2.10. The molecule has 8 aromatic carbocycles. The second kappa shape index (κ2) is 10.4. The minimum atomic E-state index is 0.852. The Labute approximate surface area is 286 Å². The topological polar surface area (TPSA) is 34.5 Å². The van der Waals surface area contributed by atoms with E-state index < -0.39 is 0 Å². The first-order valence-electron chi connectivity index (χ1n) is 16.9. The average Bonchev–Trinajstić information content (AvgIpc) is 3.84. The van der Waals surface area contributed by atoms with Crippen LogP contribution in [0.15, 0.2) is 179 Å². The van der Waals surface area contributed by atoms with Gasteiger partial charge in [-0.25, -0.2) is 0 Å². The molecule has 0 radical (unpaired) electrons. The molecule has 4 heteroatoms. The van der Waals surface area contributed by atoms with E-state index in [4.69, 9.17) is 8.83 Å². The largest absolute Gasteiger partial charge is 0.456 e. The van der Waals surface area contributed by atoms with Gasteiger partial charge in [-0.15, -0.1) is 0 Å². The standard InChI is InChI=1S/C46H28N2O2/c1-2-12-31(13-3-1)47-38-18-7-4-16-36(38)45-39(47)19-11-20-40(45)48(41-21-10-17-35-33-14-5-9-23-43(33)50-46(35)41)32-25-24-29-27-37-34-15-6-8-22-42(34)49-44(37)28-30(29)26-32/h1-28H. The van der Waals surface area contributed by atoms with Crippen molar-refractivity contribution in [2.24, 2.45) is 0 Å². The highest BCUT2D eigenvalue weighted by Crippen LogP contribution is 2.47. The summed E-state index contributed by atoms with van der Waals surface area (Å²) >= 11 is 0. The fourth-order valence-corrected chi connectivity index (χ4v) is 7.95. The fraction of sp³-hybridized carbons (Fsp3) is 0. The normalized spacial score (nSPS) is 12.0. The molecule has 0 aliphatic heterocycles. The molecule has 11 rings (SSSR count). The van der Waals surface area contributed by atoms with Crippen molar-refractivity contribution in [1.29, 1.82) is 0 Å². The van der Waals surface area contributed by atoms with Gasteiger partial charge in [0.2, 0.25) is 0 Å². The second-order valence-electron chi connectivity index (χ2n) is 12.9. The molecule has 4 nitrogen and oxygen atoms in total. The summed E-state index contributed by atoms with van der Waals surface area (Å²) in [5.74, 6) is 0. The summed E-state index contributed by atoms with van der Waals surface area (Å²) in [6.07, 6.45) is 0. The summed E-state index contributed by atoms with van der Waals surface area (Å²) in [6, 6.07) is 60.1. The molecule has 0 aliphatic rings. The van der Waals surface area contributed by atoms with Gasteiger partial charge < -0.3 is 18.3 Å². The van der Waals surface area contributed by atoms with E-state index in [1.54, 1.807) is 0 Å². The number of anilines is 3. The van der Waals surface area contributed by atoms with E-state index in [0.29, 0.717) is 0 Å². The van der Waals surface area contributed by atoms with Gasteiger partial charge >= 0.3 is 0 Å². The molecule has 0 unspecified atom stereocenters. The first kappa shape index (κ1) is 27.2. The van der Waals surface area contributed by atoms with Crippen LogP contribution in [-0.2, 0) is 0 Å². The SMILES string of the molecule is c1ccc(-n2c3ccccc3c3c(N(c4ccc5cc6c(cc5c4)oc4ccccc46)c4cccc5c4oc4ccccc45)cccc32)cc1. The molecule has 0 bridgehead atoms. The van der Waals surface area contributed by atoms with Crippen LogP contribution in [-0.4, -0.2) is 4.57 Å². The first-order valence-corrected chi connectivity index (χ1v) is 16.9. The molecule has 0 N–H and O–H groups in total. The summed E-state index contributed by atoms with van der Waals surface area (Å²) in [7, 11) is 0. The maximum Gasteiger partial charge on any atom is 0.159 e. The number of benzene rings is 8. The molecule has 0 aliphatic carbocycles. The fourth-order valence-electron chi connectivity index (χ4n) is 7.95. The summed E-state index contributed by atoms with van der Waals surface area (Å²) in [4.78, 5) is 2.37. The van der Waals surface area contributed by atoms with Crippen molar-refractivity contribution in [2.75, 3.05) is 4.90 Å². The molecule has 0 fully saturated rings. The molecule has 0 spiro atoms. The Kier molecular flexibility index (Phi) is 5.63. The van der Waals surface area contributed by atoms with Gasteiger partial charge in [-0.2, -0.15) is 0 Å². The Morgan fingerprint density at radius 2 is 1.06 bits per heavy atom. The third kappa shape index (κ3) is 3.87. The zero-order chi connectivity index (χ0) is 32.8. The first-order chi connectivity index (χ1) is 24.8. The molecule has 0 atom stereocenters. The summed E-state index contributed by atoms with van der Waals surface area (Å²) in [6.45, 7) is 0. The van der Waals surface area contributed by atoms with Crippen molar-refractivity contribution in [1.82, 2.24) is 4.57 Å². The Balaban J connectivity index is 1.24. The van der Waals surface area contributed by atoms with E-state index in [1.165, 1.54) is 10.8 Å². The lowest BCUT2D eigenvalue weighted by atomic mass is 10.0. The molecule has 11 aromatic rings. The minimum Gasteiger partial charge on any atom is -0.456 e. The quantitative estimate of drug-likeness (QED) is 0.192. The van der Waals surface area contributed by atoms with Crippen molar-refractivity contribution < 1.29 is 8.83 Å². The zero-order valence-electron chi connectivity index (χ0n) is 26.9. The molecule has 234 valence electrons. The van der Waals surface area contributed by atoms with Crippen molar-refractivity contribution in [3.05, 3.63) is 170 Å². The van der Waals surface area contributed by atoms with Gasteiger partial charge in [0.05, 0.1) is 22.4 Å². The van der Waals surface area contributed by atoms with Crippen molar-refractivity contribution in [2.45, 2.75) is 0 Å². The monoisotopic (exact) mass is 640 g/mol. The molecule has 50 heavy (non-hydrogen) atoms. The Morgan fingerprint density at radius 3 is 1.92 bits per heavy atom. The van der Waals surface area contributed by atoms with Crippen LogP contribution in [0.3, 0.4) is 0 Å². The van der Waals surface area contributed by atoms with Crippen LogP contribution in [0.4, 0.5) is 17.1 Å². The highest BCUT2D eigenvalue weighted by molar-refractivity contribution is 6.19. The smallest absolute Gasteiger partial charge is 0.159 e. The summed E-state index contributed by atoms with van der Waals surface area (Å²) in [5.41, 5.74) is 10.0. The van der Waals surface area contributed by atoms with E-state index in [-0.39, 0.29) is 0 Å². The van der Waals surface area contributed by atoms with Crippen molar-refractivity contribution >= 4 is 93.5 Å². The minimum absolute atomic E-state index is 0.852. The van der Waals surface area contributed by atoms with Gasteiger partial charge in [0, 0.05) is 43.7 Å². The van der Waals surface area contributed by atoms with Gasteiger partial charge in [0.25, 0.3) is 0 Å². The van der Waals surface area contributed by atoms with Gasteiger partial charge in [-0.3, -0.25) is 0 Å². The molecule has 0 amide bonds. The average molecular weight is 641 g/mol. The van der Waals surface area contributed by atoms with Crippen molar-refractivity contribution in [3.8, 4) is 5.69 Å². The van der Waals surface area contributed by atoms with E-state index in [1.807, 2.05) is 24.3 Å². The molecular weight excluding hydrogens is 613 g/mol. The van der Waals surface area contributed by atoms with Crippen LogP contribution in [0.25, 0.3) is 82.1 Å². The zero-order valence-corrected chi connectivity index (χ0v) is 26.9. The predicted molar refractivity (Wildman–Crippen MR) is 208 cm³/mol. The Hall–Kier alpha value is -6.78. The highest BCUT2D eigenvalue weighted by atomic mass is 16.3. The third-order valence-corrected chi connectivity index (χ3v) is 10.1. The van der Waals surface area contributed by atoms with Crippen molar-refractivity contribution in [3.63, 3.8) is 0 Å². The van der Waals surface area contributed by atoms with Crippen LogP contribution in [0.2, 0.25) is 0 Å². The third-order valence-electron chi connectivity index (χ3n) is 10.1. The number of para-hydroxylation sites is 5. The van der Waals surface area contributed by atoms with Gasteiger partial charge in [-0.05, 0) is 83.6 Å². The number of rotatable bonds is 4. The number of furan rings is 2. The summed E-state index contributed by atoms with van der Waals surface area (Å²) < 4.78 is 15.4. The lowest BCUT2D eigenvalue weighted by molar-refractivity contribution is 0.669. The Bertz CT molecular complexity index is 3110.